The lowest BCUT2D eigenvalue weighted by Gasteiger charge is -2.33. The molecule has 1 aromatic rings. The van der Waals surface area contributed by atoms with Crippen LogP contribution in [0.25, 0.3) is 0 Å². The summed E-state index contributed by atoms with van der Waals surface area (Å²) in [6.07, 6.45) is 0.825. The van der Waals surface area contributed by atoms with Gasteiger partial charge in [-0.15, -0.1) is 0 Å². The maximum Gasteiger partial charge on any atom is 0.244 e. The van der Waals surface area contributed by atoms with Gasteiger partial charge in [0.1, 0.15) is 6.17 Å². The van der Waals surface area contributed by atoms with Crippen molar-refractivity contribution in [3.05, 3.63) is 22.4 Å². The van der Waals surface area contributed by atoms with Crippen molar-refractivity contribution in [1.82, 2.24) is 10.2 Å². The van der Waals surface area contributed by atoms with Crippen LogP contribution < -0.4 is 5.32 Å². The molecule has 1 N–H and O–H groups in total. The average Bonchev–Trinajstić information content (AvgIpc) is 3.00. The summed E-state index contributed by atoms with van der Waals surface area (Å²) in [7, 11) is 0. The number of carbonyl (C=O) groups is 1. The Morgan fingerprint density at radius 3 is 2.62 bits per heavy atom. The molecule has 1 aliphatic rings. The molecule has 1 aliphatic heterocycles. The Kier molecular flexibility index (Phi) is 4.50. The fourth-order valence-corrected chi connectivity index (χ4v) is 3.26. The number of amides is 1. The Bertz CT molecular complexity index is 491. The third-order valence-electron chi connectivity index (χ3n) is 5.01. The third kappa shape index (κ3) is 3.16. The highest BCUT2D eigenvalue weighted by Gasteiger charge is 2.48. The average molecular weight is 308 g/mol. The Morgan fingerprint density at radius 2 is 2.14 bits per heavy atom. The second kappa shape index (κ2) is 5.73. The zero-order valence-electron chi connectivity index (χ0n) is 14.1. The van der Waals surface area contributed by atoms with Crippen molar-refractivity contribution in [3.63, 3.8) is 0 Å². The van der Waals surface area contributed by atoms with E-state index in [0.29, 0.717) is 5.92 Å². The van der Waals surface area contributed by atoms with Crippen LogP contribution in [0.1, 0.15) is 59.7 Å². The van der Waals surface area contributed by atoms with Crippen LogP contribution in [0.4, 0.5) is 0 Å². The Balaban J connectivity index is 2.28. The molecule has 0 spiro atoms. The Morgan fingerprint density at radius 1 is 1.48 bits per heavy atom. The van der Waals surface area contributed by atoms with Crippen LogP contribution in [-0.2, 0) is 4.79 Å². The van der Waals surface area contributed by atoms with Gasteiger partial charge in [0.05, 0.1) is 5.54 Å². The molecule has 0 saturated carbocycles. The van der Waals surface area contributed by atoms with Gasteiger partial charge >= 0.3 is 0 Å². The zero-order chi connectivity index (χ0) is 15.8. The van der Waals surface area contributed by atoms with E-state index in [0.717, 1.165) is 13.0 Å². The van der Waals surface area contributed by atoms with Crippen molar-refractivity contribution in [2.45, 2.75) is 59.7 Å². The number of nitrogens with one attached hydrogen (secondary N) is 1. The first-order chi connectivity index (χ1) is 9.69. The summed E-state index contributed by atoms with van der Waals surface area (Å²) in [5.41, 5.74) is 0.959. The highest BCUT2D eigenvalue weighted by Crippen LogP contribution is 2.36. The number of rotatable bonds is 4. The fraction of sp³-hybridized carbons (Fsp3) is 0.706. The standard InChI is InChI=1S/C17H28N2OS/c1-7-17(6)15(20)19(10-12(2)16(3,4)5)14(18-17)13-8-9-21-11-13/h8-9,11-12,14,18H,7,10H2,1-6H3. The van der Waals surface area contributed by atoms with Gasteiger partial charge in [0, 0.05) is 6.54 Å². The van der Waals surface area contributed by atoms with Gasteiger partial charge in [0.2, 0.25) is 5.91 Å². The molecule has 2 rings (SSSR count). The molecule has 0 bridgehead atoms. The maximum absolute atomic E-state index is 12.9. The smallest absolute Gasteiger partial charge is 0.244 e. The van der Waals surface area contributed by atoms with Crippen molar-refractivity contribution >= 4 is 17.2 Å². The molecule has 2 heterocycles. The summed E-state index contributed by atoms with van der Waals surface area (Å²) < 4.78 is 0. The van der Waals surface area contributed by atoms with Gasteiger partial charge in [-0.2, -0.15) is 11.3 Å². The molecule has 0 aromatic carbocycles. The van der Waals surface area contributed by atoms with Gasteiger partial charge in [-0.1, -0.05) is 34.6 Å². The molecule has 0 radical (unpaired) electrons. The van der Waals surface area contributed by atoms with Gasteiger partial charge in [-0.05, 0) is 47.1 Å². The lowest BCUT2D eigenvalue weighted by atomic mass is 9.81. The van der Waals surface area contributed by atoms with Crippen molar-refractivity contribution in [3.8, 4) is 0 Å². The summed E-state index contributed by atoms with van der Waals surface area (Å²) in [5.74, 6) is 0.681. The van der Waals surface area contributed by atoms with E-state index < -0.39 is 5.54 Å². The van der Waals surface area contributed by atoms with Crippen molar-refractivity contribution in [2.75, 3.05) is 6.54 Å². The number of carbonyl (C=O) groups excluding carboxylic acids is 1. The largest absolute Gasteiger partial charge is 0.321 e. The topological polar surface area (TPSA) is 32.3 Å². The third-order valence-corrected chi connectivity index (χ3v) is 5.72. The van der Waals surface area contributed by atoms with E-state index in [4.69, 9.17) is 0 Å². The van der Waals surface area contributed by atoms with Gasteiger partial charge in [-0.3, -0.25) is 10.1 Å². The zero-order valence-corrected chi connectivity index (χ0v) is 14.9. The van der Waals surface area contributed by atoms with Crippen LogP contribution in [0.15, 0.2) is 16.8 Å². The summed E-state index contributed by atoms with van der Waals surface area (Å²) in [5, 5.41) is 7.78. The molecule has 1 aromatic heterocycles. The SMILES string of the molecule is CCC1(C)NC(c2ccsc2)N(CC(C)C(C)(C)C)C1=O. The highest BCUT2D eigenvalue weighted by atomic mass is 32.1. The second-order valence-electron chi connectivity index (χ2n) is 7.51. The number of hydrogen-bond acceptors (Lipinski definition) is 3. The summed E-state index contributed by atoms with van der Waals surface area (Å²) in [6, 6.07) is 2.12. The van der Waals surface area contributed by atoms with Gasteiger partial charge in [0.15, 0.2) is 0 Å². The van der Waals surface area contributed by atoms with Crippen molar-refractivity contribution in [1.29, 1.82) is 0 Å². The summed E-state index contributed by atoms with van der Waals surface area (Å²) in [6.45, 7) is 13.9. The lowest BCUT2D eigenvalue weighted by molar-refractivity contribution is -0.134. The number of hydrogen-bond donors (Lipinski definition) is 1. The summed E-state index contributed by atoms with van der Waals surface area (Å²) >= 11 is 1.68. The molecule has 3 atom stereocenters. The molecule has 3 unspecified atom stereocenters. The lowest BCUT2D eigenvalue weighted by Crippen LogP contribution is -2.44. The molecule has 1 amide bonds. The van der Waals surface area contributed by atoms with Crippen LogP contribution in [0.5, 0.6) is 0 Å². The van der Waals surface area contributed by atoms with Crippen molar-refractivity contribution in [2.24, 2.45) is 11.3 Å². The number of nitrogens with zero attached hydrogens (tertiary/aromatic N) is 1. The van der Waals surface area contributed by atoms with E-state index in [1.165, 1.54) is 5.56 Å². The van der Waals surface area contributed by atoms with Crippen LogP contribution in [0, 0.1) is 11.3 Å². The van der Waals surface area contributed by atoms with E-state index in [1.54, 1.807) is 11.3 Å². The Labute approximate surface area is 132 Å². The molecular formula is C17H28N2OS. The minimum atomic E-state index is -0.440. The predicted octanol–water partition coefficient (Wildman–Crippen LogP) is 4.03. The molecule has 1 saturated heterocycles. The van der Waals surface area contributed by atoms with E-state index in [-0.39, 0.29) is 17.5 Å². The van der Waals surface area contributed by atoms with Crippen LogP contribution in [0.3, 0.4) is 0 Å². The quantitative estimate of drug-likeness (QED) is 0.911. The molecule has 118 valence electrons. The minimum absolute atomic E-state index is 0.0125. The first kappa shape index (κ1) is 16.5. The van der Waals surface area contributed by atoms with Crippen LogP contribution >= 0.6 is 11.3 Å². The minimum Gasteiger partial charge on any atom is -0.321 e. The summed E-state index contributed by atoms with van der Waals surface area (Å²) in [4.78, 5) is 14.9. The predicted molar refractivity (Wildman–Crippen MR) is 89.2 cm³/mol. The normalized spacial score (nSPS) is 28.2. The maximum atomic E-state index is 12.9. The van der Waals surface area contributed by atoms with Gasteiger partial charge in [0.25, 0.3) is 0 Å². The monoisotopic (exact) mass is 308 g/mol. The van der Waals surface area contributed by atoms with E-state index >= 15 is 0 Å². The molecular weight excluding hydrogens is 280 g/mol. The van der Waals surface area contributed by atoms with E-state index in [1.807, 2.05) is 11.8 Å². The van der Waals surface area contributed by atoms with Crippen LogP contribution in [-0.4, -0.2) is 22.9 Å². The second-order valence-corrected chi connectivity index (χ2v) is 8.29. The van der Waals surface area contributed by atoms with E-state index in [2.05, 4.69) is 56.8 Å². The highest BCUT2D eigenvalue weighted by molar-refractivity contribution is 7.07. The fourth-order valence-electron chi connectivity index (χ4n) is 2.58. The first-order valence-corrected chi connectivity index (χ1v) is 8.74. The van der Waals surface area contributed by atoms with Gasteiger partial charge in [-0.25, -0.2) is 0 Å². The van der Waals surface area contributed by atoms with Crippen molar-refractivity contribution < 1.29 is 4.79 Å². The molecule has 21 heavy (non-hydrogen) atoms. The first-order valence-electron chi connectivity index (χ1n) is 7.80. The van der Waals surface area contributed by atoms with Crippen LogP contribution in [0.2, 0.25) is 0 Å². The molecule has 0 aliphatic carbocycles. The van der Waals surface area contributed by atoms with Gasteiger partial charge < -0.3 is 4.90 Å². The molecule has 1 fully saturated rings. The number of thiophene rings is 1. The Hall–Kier alpha value is -0.870. The molecule has 3 nitrogen and oxygen atoms in total. The van der Waals surface area contributed by atoms with E-state index in [9.17, 15) is 4.79 Å². The molecule has 4 heteroatoms.